The van der Waals surface area contributed by atoms with Crippen molar-refractivity contribution in [3.05, 3.63) is 34.9 Å². The van der Waals surface area contributed by atoms with Crippen molar-refractivity contribution < 1.29 is 14.4 Å². The minimum Gasteiger partial charge on any atom is -0.348 e. The third-order valence-corrected chi connectivity index (χ3v) is 6.49. The molecule has 0 atom stereocenters. The van der Waals surface area contributed by atoms with Gasteiger partial charge in [-0.2, -0.15) is 0 Å². The molecule has 0 unspecified atom stereocenters. The third kappa shape index (κ3) is 4.00. The van der Waals surface area contributed by atoms with Crippen LogP contribution in [0.25, 0.3) is 11.3 Å². The first kappa shape index (κ1) is 19.5. The minimum atomic E-state index is -0.821. The number of urea groups is 1. The lowest BCUT2D eigenvalue weighted by Gasteiger charge is -2.33. The summed E-state index contributed by atoms with van der Waals surface area (Å²) in [5, 5.41) is 8.25. The molecule has 29 heavy (non-hydrogen) atoms. The molecule has 2 N–H and O–H groups in total. The molecular weight excluding hydrogens is 390 g/mol. The van der Waals surface area contributed by atoms with E-state index < -0.39 is 11.6 Å². The summed E-state index contributed by atoms with van der Waals surface area (Å²) in [5.41, 5.74) is 0.961. The molecule has 1 aliphatic heterocycles. The highest BCUT2D eigenvalue weighted by Crippen LogP contribution is 2.36. The van der Waals surface area contributed by atoms with Crippen molar-refractivity contribution in [2.75, 3.05) is 6.54 Å². The molecule has 1 spiro atoms. The second kappa shape index (κ2) is 7.90. The van der Waals surface area contributed by atoms with Crippen LogP contribution in [0.3, 0.4) is 0 Å². The van der Waals surface area contributed by atoms with E-state index in [4.69, 9.17) is 0 Å². The van der Waals surface area contributed by atoms with E-state index in [1.165, 1.54) is 11.3 Å². The number of hydrogen-bond donors (Lipinski definition) is 2. The Bertz CT molecular complexity index is 921. The number of carbonyl (C=O) groups is 3. The summed E-state index contributed by atoms with van der Waals surface area (Å²) in [7, 11) is 0. The lowest BCUT2D eigenvalue weighted by Crippen LogP contribution is -2.49. The normalized spacial score (nSPS) is 24.0. The molecule has 0 aromatic carbocycles. The van der Waals surface area contributed by atoms with Crippen molar-refractivity contribution in [3.63, 3.8) is 0 Å². The first-order valence-electron chi connectivity index (χ1n) is 9.72. The average molecular weight is 414 g/mol. The van der Waals surface area contributed by atoms with Crippen LogP contribution < -0.4 is 10.6 Å². The van der Waals surface area contributed by atoms with Crippen molar-refractivity contribution in [2.24, 2.45) is 5.92 Å². The predicted molar refractivity (Wildman–Crippen MR) is 108 cm³/mol. The molecule has 9 heteroatoms. The van der Waals surface area contributed by atoms with Gasteiger partial charge in [0.2, 0.25) is 5.91 Å². The zero-order valence-electron chi connectivity index (χ0n) is 16.2. The molecular formula is C20H23N5O3S. The van der Waals surface area contributed by atoms with Gasteiger partial charge in [-0.25, -0.2) is 9.78 Å². The Kier molecular flexibility index (Phi) is 5.31. The van der Waals surface area contributed by atoms with E-state index in [9.17, 15) is 14.4 Å². The largest absolute Gasteiger partial charge is 0.348 e. The van der Waals surface area contributed by atoms with Crippen LogP contribution in [0.4, 0.5) is 4.79 Å². The summed E-state index contributed by atoms with van der Waals surface area (Å²) in [6.45, 7) is 2.13. The Morgan fingerprint density at radius 2 is 2.03 bits per heavy atom. The zero-order chi connectivity index (χ0) is 20.4. The fourth-order valence-electron chi connectivity index (χ4n) is 3.83. The number of nitrogens with one attached hydrogen (secondary N) is 2. The fourth-order valence-corrected chi connectivity index (χ4v) is 4.58. The molecule has 2 aliphatic rings. The lowest BCUT2D eigenvalue weighted by atomic mass is 9.77. The van der Waals surface area contributed by atoms with Crippen LogP contribution in [0.5, 0.6) is 0 Å². The summed E-state index contributed by atoms with van der Waals surface area (Å²) in [4.78, 5) is 47.0. The molecule has 4 rings (SSSR count). The lowest BCUT2D eigenvalue weighted by molar-refractivity contribution is -0.136. The second-order valence-corrected chi connectivity index (χ2v) is 8.67. The molecule has 152 valence electrons. The van der Waals surface area contributed by atoms with Crippen LogP contribution >= 0.6 is 11.3 Å². The molecule has 8 nitrogen and oxygen atoms in total. The van der Waals surface area contributed by atoms with Gasteiger partial charge >= 0.3 is 6.03 Å². The van der Waals surface area contributed by atoms with Gasteiger partial charge in [0.15, 0.2) is 0 Å². The van der Waals surface area contributed by atoms with Gasteiger partial charge in [0, 0.05) is 23.3 Å². The van der Waals surface area contributed by atoms with Crippen LogP contribution in [0, 0.1) is 5.92 Å². The van der Waals surface area contributed by atoms with Crippen LogP contribution in [0.1, 0.15) is 37.6 Å². The van der Waals surface area contributed by atoms with E-state index in [2.05, 4.69) is 27.5 Å². The first-order chi connectivity index (χ1) is 14.0. The van der Waals surface area contributed by atoms with E-state index in [1.807, 2.05) is 17.5 Å². The third-order valence-electron chi connectivity index (χ3n) is 5.64. The number of nitrogens with zero attached hydrogens (tertiary/aromatic N) is 3. The Hall–Kier alpha value is -2.81. The maximum absolute atomic E-state index is 12.8. The van der Waals surface area contributed by atoms with Gasteiger partial charge in [-0.3, -0.25) is 19.5 Å². The minimum absolute atomic E-state index is 0.251. The molecule has 1 saturated heterocycles. The van der Waals surface area contributed by atoms with E-state index in [1.54, 1.807) is 12.4 Å². The van der Waals surface area contributed by atoms with Crippen LogP contribution in [-0.4, -0.2) is 44.8 Å². The monoisotopic (exact) mass is 413 g/mol. The molecule has 1 aliphatic carbocycles. The van der Waals surface area contributed by atoms with Crippen molar-refractivity contribution >= 4 is 29.2 Å². The quantitative estimate of drug-likeness (QED) is 0.732. The Labute approximate surface area is 172 Å². The van der Waals surface area contributed by atoms with E-state index >= 15 is 0 Å². The number of hydrogen-bond acceptors (Lipinski definition) is 6. The van der Waals surface area contributed by atoms with E-state index in [0.29, 0.717) is 18.8 Å². The molecule has 2 aromatic heterocycles. The smallest absolute Gasteiger partial charge is 0.325 e. The molecule has 1 saturated carbocycles. The number of pyridine rings is 1. The van der Waals surface area contributed by atoms with Crippen molar-refractivity contribution in [1.29, 1.82) is 0 Å². The van der Waals surface area contributed by atoms with E-state index in [0.717, 1.165) is 34.0 Å². The van der Waals surface area contributed by atoms with Gasteiger partial charge in [-0.15, -0.1) is 11.3 Å². The molecule has 0 radical (unpaired) electrons. The summed E-state index contributed by atoms with van der Waals surface area (Å²) in [6, 6.07) is 3.27. The van der Waals surface area contributed by atoms with Gasteiger partial charge in [-0.1, -0.05) is 6.92 Å². The predicted octanol–water partition coefficient (Wildman–Crippen LogP) is 2.32. The molecule has 2 aromatic rings. The number of rotatable bonds is 5. The summed E-state index contributed by atoms with van der Waals surface area (Å²) >= 11 is 1.44. The topological polar surface area (TPSA) is 104 Å². The standard InChI is InChI=1S/C20H23N5O3S/c1-13-2-6-20(7-3-13)18(27)25(19(28)24-20)11-16(26)22-10-17-23-15(12-29-17)14-4-8-21-9-5-14/h4-5,8-9,12-13H,2-3,6-7,10-11H2,1H3,(H,22,26)(H,24,28). The number of imide groups is 1. The van der Waals surface area contributed by atoms with Gasteiger partial charge in [0.25, 0.3) is 5.91 Å². The molecule has 4 amide bonds. The number of thiazole rings is 1. The Morgan fingerprint density at radius 3 is 2.76 bits per heavy atom. The summed E-state index contributed by atoms with van der Waals surface area (Å²) in [5.74, 6) is -0.104. The highest BCUT2D eigenvalue weighted by Gasteiger charge is 2.52. The number of amides is 4. The van der Waals surface area contributed by atoms with Crippen molar-refractivity contribution in [2.45, 2.75) is 44.7 Å². The van der Waals surface area contributed by atoms with Gasteiger partial charge in [-0.05, 0) is 43.7 Å². The molecule has 3 heterocycles. The molecule has 2 fully saturated rings. The Morgan fingerprint density at radius 1 is 1.31 bits per heavy atom. The number of carbonyl (C=O) groups excluding carboxylic acids is 3. The van der Waals surface area contributed by atoms with E-state index in [-0.39, 0.29) is 24.9 Å². The molecule has 0 bridgehead atoms. The van der Waals surface area contributed by atoms with Crippen LogP contribution in [0.2, 0.25) is 0 Å². The zero-order valence-corrected chi connectivity index (χ0v) is 17.0. The second-order valence-electron chi connectivity index (χ2n) is 7.73. The van der Waals surface area contributed by atoms with Crippen molar-refractivity contribution in [1.82, 2.24) is 25.5 Å². The van der Waals surface area contributed by atoms with Crippen LogP contribution in [0.15, 0.2) is 29.9 Å². The van der Waals surface area contributed by atoms with Gasteiger partial charge in [0.05, 0.1) is 12.2 Å². The SMILES string of the molecule is CC1CCC2(CC1)NC(=O)N(CC(=O)NCc1nc(-c3ccncc3)cs1)C2=O. The number of aromatic nitrogens is 2. The first-order valence-corrected chi connectivity index (χ1v) is 10.6. The highest BCUT2D eigenvalue weighted by molar-refractivity contribution is 7.09. The Balaban J connectivity index is 1.33. The summed E-state index contributed by atoms with van der Waals surface area (Å²) in [6.07, 6.45) is 6.47. The maximum atomic E-state index is 12.8. The maximum Gasteiger partial charge on any atom is 0.325 e. The average Bonchev–Trinajstić information content (AvgIpc) is 3.29. The highest BCUT2D eigenvalue weighted by atomic mass is 32.1. The summed E-state index contributed by atoms with van der Waals surface area (Å²) < 4.78 is 0. The van der Waals surface area contributed by atoms with Crippen LogP contribution in [-0.2, 0) is 16.1 Å². The fraction of sp³-hybridized carbons (Fsp3) is 0.450. The van der Waals surface area contributed by atoms with Gasteiger partial charge < -0.3 is 10.6 Å². The van der Waals surface area contributed by atoms with Crippen molar-refractivity contribution in [3.8, 4) is 11.3 Å². The van der Waals surface area contributed by atoms with Gasteiger partial charge in [0.1, 0.15) is 17.1 Å².